The number of nitrogens with zero attached hydrogens (tertiary/aromatic N) is 2. The zero-order chi connectivity index (χ0) is 12.3. The normalized spacial score (nSPS) is 20.4. The van der Waals surface area contributed by atoms with Crippen molar-refractivity contribution in [1.82, 2.24) is 9.88 Å². The summed E-state index contributed by atoms with van der Waals surface area (Å²) in [6.07, 6.45) is 3.09. The van der Waals surface area contributed by atoms with Crippen LogP contribution in [0.1, 0.15) is 23.3 Å². The first-order valence-electron chi connectivity index (χ1n) is 5.67. The Bertz CT molecular complexity index is 396. The predicted molar refractivity (Wildman–Crippen MR) is 63.5 cm³/mol. The summed E-state index contributed by atoms with van der Waals surface area (Å²) in [5.41, 5.74) is 0.293. The number of alkyl halides is 1. The van der Waals surface area contributed by atoms with Crippen LogP contribution in [0.25, 0.3) is 0 Å². The molecule has 2 heterocycles. The van der Waals surface area contributed by atoms with Gasteiger partial charge in [0.2, 0.25) is 0 Å². The summed E-state index contributed by atoms with van der Waals surface area (Å²) >= 11 is 5.81. The van der Waals surface area contributed by atoms with Crippen LogP contribution in [0.3, 0.4) is 0 Å². The van der Waals surface area contributed by atoms with Crippen LogP contribution >= 0.6 is 11.6 Å². The molecule has 0 saturated carbocycles. The quantitative estimate of drug-likeness (QED) is 0.761. The number of carbonyl (C=O) groups excluding carboxylic acids is 1. The first-order valence-corrected chi connectivity index (χ1v) is 6.21. The van der Waals surface area contributed by atoms with E-state index in [-0.39, 0.29) is 5.91 Å². The molecule has 3 nitrogen and oxygen atoms in total. The smallest absolute Gasteiger partial charge is 0.272 e. The van der Waals surface area contributed by atoms with E-state index < -0.39 is 5.82 Å². The lowest BCUT2D eigenvalue weighted by atomic mass is 10.00. The Morgan fingerprint density at radius 3 is 3.06 bits per heavy atom. The minimum atomic E-state index is -0.432. The summed E-state index contributed by atoms with van der Waals surface area (Å²) in [6.45, 7) is 1.40. The first-order chi connectivity index (χ1) is 8.20. The highest BCUT2D eigenvalue weighted by molar-refractivity contribution is 6.18. The third kappa shape index (κ3) is 2.94. The van der Waals surface area contributed by atoms with Crippen molar-refractivity contribution in [2.75, 3.05) is 19.0 Å². The zero-order valence-electron chi connectivity index (χ0n) is 9.40. The van der Waals surface area contributed by atoms with Crippen LogP contribution in [0, 0.1) is 11.7 Å². The fraction of sp³-hybridized carbons (Fsp3) is 0.500. The van der Waals surface area contributed by atoms with Gasteiger partial charge in [-0.2, -0.15) is 0 Å². The van der Waals surface area contributed by atoms with E-state index in [4.69, 9.17) is 11.6 Å². The Labute approximate surface area is 105 Å². The summed E-state index contributed by atoms with van der Waals surface area (Å²) in [4.78, 5) is 17.6. The molecule has 1 aliphatic rings. The van der Waals surface area contributed by atoms with Gasteiger partial charge in [-0.15, -0.1) is 11.6 Å². The van der Waals surface area contributed by atoms with E-state index in [0.717, 1.165) is 25.6 Å². The van der Waals surface area contributed by atoms with E-state index in [1.165, 1.54) is 12.1 Å². The highest BCUT2D eigenvalue weighted by Crippen LogP contribution is 2.19. The number of halogens is 2. The lowest BCUT2D eigenvalue weighted by Crippen LogP contribution is -2.40. The van der Waals surface area contributed by atoms with Gasteiger partial charge in [0.25, 0.3) is 5.91 Å². The molecule has 1 aliphatic heterocycles. The second-order valence-electron chi connectivity index (χ2n) is 4.28. The molecule has 1 aromatic heterocycles. The molecule has 5 heteroatoms. The summed E-state index contributed by atoms with van der Waals surface area (Å²) in [7, 11) is 0. The molecule has 0 spiro atoms. The van der Waals surface area contributed by atoms with Crippen LogP contribution < -0.4 is 0 Å². The Hall–Kier alpha value is -1.16. The van der Waals surface area contributed by atoms with E-state index in [1.807, 2.05) is 0 Å². The summed E-state index contributed by atoms with van der Waals surface area (Å²) in [5, 5.41) is 0. The molecule has 2 rings (SSSR count). The van der Waals surface area contributed by atoms with Gasteiger partial charge in [-0.1, -0.05) is 0 Å². The van der Waals surface area contributed by atoms with Crippen molar-refractivity contribution in [2.24, 2.45) is 5.92 Å². The van der Waals surface area contributed by atoms with Crippen molar-refractivity contribution in [3.8, 4) is 0 Å². The van der Waals surface area contributed by atoms with Crippen LogP contribution in [0.2, 0.25) is 0 Å². The standard InChI is InChI=1S/C12H14ClFN2O/c13-6-9-2-1-5-16(8-9)12(17)11-4-3-10(14)7-15-11/h3-4,7,9H,1-2,5-6,8H2. The van der Waals surface area contributed by atoms with Gasteiger partial charge in [0.15, 0.2) is 0 Å². The molecule has 0 N–H and O–H groups in total. The molecule has 1 amide bonds. The van der Waals surface area contributed by atoms with E-state index >= 15 is 0 Å². The Kier molecular flexibility index (Phi) is 3.94. The second-order valence-corrected chi connectivity index (χ2v) is 4.58. The molecule has 0 bridgehead atoms. The van der Waals surface area contributed by atoms with Crippen LogP contribution in [0.4, 0.5) is 4.39 Å². The minimum Gasteiger partial charge on any atom is -0.337 e. The van der Waals surface area contributed by atoms with Crippen molar-refractivity contribution in [1.29, 1.82) is 0 Å². The summed E-state index contributed by atoms with van der Waals surface area (Å²) < 4.78 is 12.7. The number of likely N-dealkylation sites (tertiary alicyclic amines) is 1. The van der Waals surface area contributed by atoms with Gasteiger partial charge in [-0.05, 0) is 30.9 Å². The van der Waals surface area contributed by atoms with Gasteiger partial charge in [-0.3, -0.25) is 4.79 Å². The zero-order valence-corrected chi connectivity index (χ0v) is 10.2. The highest BCUT2D eigenvalue weighted by atomic mass is 35.5. The van der Waals surface area contributed by atoms with Gasteiger partial charge in [-0.25, -0.2) is 9.37 Å². The van der Waals surface area contributed by atoms with Crippen molar-refractivity contribution in [2.45, 2.75) is 12.8 Å². The van der Waals surface area contributed by atoms with Crippen LogP contribution in [0.15, 0.2) is 18.3 Å². The van der Waals surface area contributed by atoms with Crippen molar-refractivity contribution in [3.05, 3.63) is 29.8 Å². The number of pyridine rings is 1. The van der Waals surface area contributed by atoms with Gasteiger partial charge < -0.3 is 4.90 Å². The van der Waals surface area contributed by atoms with Crippen molar-refractivity contribution in [3.63, 3.8) is 0 Å². The maximum Gasteiger partial charge on any atom is 0.272 e. The maximum atomic E-state index is 12.7. The number of piperidine rings is 1. The topological polar surface area (TPSA) is 33.2 Å². The molecule has 1 fully saturated rings. The monoisotopic (exact) mass is 256 g/mol. The first kappa shape index (κ1) is 12.3. The molecule has 0 radical (unpaired) electrons. The fourth-order valence-corrected chi connectivity index (χ4v) is 2.29. The van der Waals surface area contributed by atoms with E-state index in [2.05, 4.69) is 4.98 Å². The number of hydrogen-bond acceptors (Lipinski definition) is 2. The Balaban J connectivity index is 2.06. The largest absolute Gasteiger partial charge is 0.337 e. The lowest BCUT2D eigenvalue weighted by Gasteiger charge is -2.31. The SMILES string of the molecule is O=C(c1ccc(F)cn1)N1CCCC(CCl)C1. The minimum absolute atomic E-state index is 0.139. The van der Waals surface area contributed by atoms with Gasteiger partial charge >= 0.3 is 0 Å². The highest BCUT2D eigenvalue weighted by Gasteiger charge is 2.24. The molecule has 1 saturated heterocycles. The maximum absolute atomic E-state index is 12.7. The number of carbonyl (C=O) groups is 1. The molecule has 92 valence electrons. The molecule has 1 unspecified atom stereocenters. The number of amides is 1. The second kappa shape index (κ2) is 5.45. The van der Waals surface area contributed by atoms with Gasteiger partial charge in [0.05, 0.1) is 6.20 Å². The van der Waals surface area contributed by atoms with Crippen molar-refractivity contribution < 1.29 is 9.18 Å². The van der Waals surface area contributed by atoms with E-state index in [0.29, 0.717) is 24.0 Å². The van der Waals surface area contributed by atoms with E-state index in [1.54, 1.807) is 4.90 Å². The molecule has 0 aromatic carbocycles. The summed E-state index contributed by atoms with van der Waals surface area (Å²) in [6, 6.07) is 2.67. The van der Waals surface area contributed by atoms with Crippen LogP contribution in [0.5, 0.6) is 0 Å². The fourth-order valence-electron chi connectivity index (χ4n) is 2.04. The molecule has 1 atom stereocenters. The molecule has 1 aromatic rings. The van der Waals surface area contributed by atoms with Crippen LogP contribution in [-0.4, -0.2) is 34.8 Å². The average Bonchev–Trinajstić information content (AvgIpc) is 2.39. The molecule has 17 heavy (non-hydrogen) atoms. The van der Waals surface area contributed by atoms with E-state index in [9.17, 15) is 9.18 Å². The number of aromatic nitrogens is 1. The van der Waals surface area contributed by atoms with Gasteiger partial charge in [0.1, 0.15) is 11.5 Å². The van der Waals surface area contributed by atoms with Crippen LogP contribution in [-0.2, 0) is 0 Å². The predicted octanol–water partition coefficient (Wildman–Crippen LogP) is 2.31. The Morgan fingerprint density at radius 1 is 1.59 bits per heavy atom. The molecular weight excluding hydrogens is 243 g/mol. The van der Waals surface area contributed by atoms with Gasteiger partial charge in [0, 0.05) is 19.0 Å². The van der Waals surface area contributed by atoms with Crippen molar-refractivity contribution >= 4 is 17.5 Å². The summed E-state index contributed by atoms with van der Waals surface area (Å²) in [5.74, 6) is 0.356. The average molecular weight is 257 g/mol. The third-order valence-electron chi connectivity index (χ3n) is 2.97. The third-order valence-corrected chi connectivity index (χ3v) is 3.41. The lowest BCUT2D eigenvalue weighted by molar-refractivity contribution is 0.0679. The number of rotatable bonds is 2. The molecular formula is C12H14ClFN2O. The Morgan fingerprint density at radius 2 is 2.41 bits per heavy atom. The number of hydrogen-bond donors (Lipinski definition) is 0. The molecule has 0 aliphatic carbocycles.